The van der Waals surface area contributed by atoms with Gasteiger partial charge in [0.05, 0.1) is 0 Å². The number of carbonyl (C=O) groups excluding carboxylic acids is 1. The molecule has 0 spiro atoms. The molecule has 0 bridgehead atoms. The van der Waals surface area contributed by atoms with Crippen LogP contribution in [0, 0.1) is 11.8 Å². The van der Waals surface area contributed by atoms with E-state index in [0.29, 0.717) is 5.92 Å². The van der Waals surface area contributed by atoms with E-state index in [4.69, 9.17) is 5.11 Å². The first kappa shape index (κ1) is 10.4. The summed E-state index contributed by atoms with van der Waals surface area (Å²) >= 11 is 0. The summed E-state index contributed by atoms with van der Waals surface area (Å²) in [5.41, 5.74) is 0. The van der Waals surface area contributed by atoms with Crippen LogP contribution < -0.4 is 5.32 Å². The third kappa shape index (κ3) is 4.79. The van der Waals surface area contributed by atoms with Crippen molar-refractivity contribution in [3.05, 3.63) is 0 Å². The molecule has 66 valence electrons. The second-order valence-electron chi connectivity index (χ2n) is 3.23. The molecule has 0 aliphatic heterocycles. The molecule has 0 radical (unpaired) electrons. The average Bonchev–Trinajstić information content (AvgIpc) is 1.86. The molecule has 1 atom stereocenters. The van der Waals surface area contributed by atoms with Crippen molar-refractivity contribution >= 4 is 5.91 Å². The molecule has 0 saturated carbocycles. The Morgan fingerprint density at radius 1 is 1.45 bits per heavy atom. The normalized spacial score (nSPS) is 13.2. The predicted octanol–water partition coefficient (Wildman–Crippen LogP) is 0.735. The van der Waals surface area contributed by atoms with E-state index in [1.165, 1.54) is 0 Å². The lowest BCUT2D eigenvalue weighted by Gasteiger charge is -2.12. The molecule has 3 heteroatoms. The second-order valence-corrected chi connectivity index (χ2v) is 3.23. The summed E-state index contributed by atoms with van der Waals surface area (Å²) in [7, 11) is 0. The number of hydrogen-bond donors (Lipinski definition) is 2. The minimum atomic E-state index is -0.263. The van der Waals surface area contributed by atoms with Crippen LogP contribution in [0.4, 0.5) is 0 Å². The number of hydrogen-bond acceptors (Lipinski definition) is 2. The first-order valence-corrected chi connectivity index (χ1v) is 3.96. The van der Waals surface area contributed by atoms with E-state index in [1.807, 2.05) is 6.92 Å². The van der Waals surface area contributed by atoms with Gasteiger partial charge in [-0.25, -0.2) is 0 Å². The minimum Gasteiger partial charge on any atom is -0.377 e. The molecule has 0 aromatic carbocycles. The maximum absolute atomic E-state index is 11.0. The number of amides is 1. The van der Waals surface area contributed by atoms with E-state index in [0.717, 1.165) is 6.42 Å². The van der Waals surface area contributed by atoms with Crippen molar-refractivity contribution in [3.63, 3.8) is 0 Å². The van der Waals surface area contributed by atoms with Gasteiger partial charge in [-0.15, -0.1) is 0 Å². The maximum atomic E-state index is 11.0. The third-order valence-electron chi connectivity index (χ3n) is 1.53. The van der Waals surface area contributed by atoms with E-state index < -0.39 is 0 Å². The quantitative estimate of drug-likeness (QED) is 0.594. The van der Waals surface area contributed by atoms with Gasteiger partial charge in [0.1, 0.15) is 6.73 Å². The Morgan fingerprint density at radius 2 is 2.00 bits per heavy atom. The highest BCUT2D eigenvalue weighted by Crippen LogP contribution is 2.10. The molecule has 11 heavy (non-hydrogen) atoms. The second kappa shape index (κ2) is 5.13. The Hall–Kier alpha value is -0.570. The molecule has 0 unspecified atom stereocenters. The number of nitrogens with one attached hydrogen (secondary N) is 1. The minimum absolute atomic E-state index is 0.00199. The van der Waals surface area contributed by atoms with Gasteiger partial charge in [0.15, 0.2) is 0 Å². The molecule has 0 rings (SSSR count). The number of rotatable bonds is 4. The smallest absolute Gasteiger partial charge is 0.224 e. The van der Waals surface area contributed by atoms with Crippen LogP contribution in [0.15, 0.2) is 0 Å². The summed E-state index contributed by atoms with van der Waals surface area (Å²) in [5.74, 6) is 0.456. The molecule has 0 aliphatic rings. The fourth-order valence-electron chi connectivity index (χ4n) is 1.07. The average molecular weight is 159 g/mol. The lowest BCUT2D eigenvalue weighted by atomic mass is 9.98. The lowest BCUT2D eigenvalue weighted by molar-refractivity contribution is -0.126. The Bertz CT molecular complexity index is 123. The molecular weight excluding hydrogens is 142 g/mol. The summed E-state index contributed by atoms with van der Waals surface area (Å²) < 4.78 is 0. The topological polar surface area (TPSA) is 49.3 Å². The fraction of sp³-hybridized carbons (Fsp3) is 0.875. The Balaban J connectivity index is 3.64. The van der Waals surface area contributed by atoms with Gasteiger partial charge in [0, 0.05) is 5.92 Å². The number of aliphatic hydroxyl groups excluding tert-OH is 1. The lowest BCUT2D eigenvalue weighted by Crippen LogP contribution is -2.30. The summed E-state index contributed by atoms with van der Waals surface area (Å²) in [4.78, 5) is 11.0. The van der Waals surface area contributed by atoms with Crippen molar-refractivity contribution in [2.75, 3.05) is 6.73 Å². The summed E-state index contributed by atoms with van der Waals surface area (Å²) in [6.45, 7) is 5.75. The van der Waals surface area contributed by atoms with Gasteiger partial charge in [-0.2, -0.15) is 0 Å². The largest absolute Gasteiger partial charge is 0.377 e. The van der Waals surface area contributed by atoms with Crippen LogP contribution >= 0.6 is 0 Å². The van der Waals surface area contributed by atoms with E-state index in [-0.39, 0.29) is 18.6 Å². The molecular formula is C8H17NO2. The zero-order valence-corrected chi connectivity index (χ0v) is 7.42. The molecule has 0 saturated heterocycles. The van der Waals surface area contributed by atoms with Gasteiger partial charge in [0.25, 0.3) is 0 Å². The summed E-state index contributed by atoms with van der Waals surface area (Å²) in [5, 5.41) is 10.8. The van der Waals surface area contributed by atoms with Crippen LogP contribution in [-0.4, -0.2) is 17.7 Å². The highest BCUT2D eigenvalue weighted by atomic mass is 16.3. The highest BCUT2D eigenvalue weighted by Gasteiger charge is 2.12. The van der Waals surface area contributed by atoms with Crippen LogP contribution in [0.3, 0.4) is 0 Å². The molecule has 0 heterocycles. The molecule has 0 aromatic heterocycles. The Kier molecular flexibility index (Phi) is 4.86. The zero-order valence-electron chi connectivity index (χ0n) is 7.42. The van der Waals surface area contributed by atoms with Gasteiger partial charge < -0.3 is 10.4 Å². The zero-order chi connectivity index (χ0) is 8.85. The summed E-state index contributed by atoms with van der Waals surface area (Å²) in [6, 6.07) is 0. The van der Waals surface area contributed by atoms with E-state index in [2.05, 4.69) is 19.2 Å². The first-order chi connectivity index (χ1) is 5.07. The molecule has 0 fully saturated rings. The highest BCUT2D eigenvalue weighted by molar-refractivity contribution is 5.77. The van der Waals surface area contributed by atoms with Crippen molar-refractivity contribution < 1.29 is 9.90 Å². The van der Waals surface area contributed by atoms with Crippen LogP contribution in [0.1, 0.15) is 27.2 Å². The van der Waals surface area contributed by atoms with E-state index in [9.17, 15) is 4.79 Å². The van der Waals surface area contributed by atoms with E-state index in [1.54, 1.807) is 0 Å². The molecule has 2 N–H and O–H groups in total. The third-order valence-corrected chi connectivity index (χ3v) is 1.53. The first-order valence-electron chi connectivity index (χ1n) is 3.96. The van der Waals surface area contributed by atoms with Crippen molar-refractivity contribution in [1.29, 1.82) is 0 Å². The monoisotopic (exact) mass is 159 g/mol. The van der Waals surface area contributed by atoms with Crippen molar-refractivity contribution in [3.8, 4) is 0 Å². The Morgan fingerprint density at radius 3 is 2.36 bits per heavy atom. The van der Waals surface area contributed by atoms with Crippen LogP contribution in [-0.2, 0) is 4.79 Å². The molecule has 0 aliphatic carbocycles. The fourth-order valence-corrected chi connectivity index (χ4v) is 1.07. The van der Waals surface area contributed by atoms with Crippen LogP contribution in [0.5, 0.6) is 0 Å². The van der Waals surface area contributed by atoms with Crippen LogP contribution in [0.2, 0.25) is 0 Å². The van der Waals surface area contributed by atoms with Gasteiger partial charge >= 0.3 is 0 Å². The molecule has 1 amide bonds. The van der Waals surface area contributed by atoms with E-state index >= 15 is 0 Å². The number of carbonyl (C=O) groups is 1. The summed E-state index contributed by atoms with van der Waals surface area (Å²) in [6.07, 6.45) is 0.867. The van der Waals surface area contributed by atoms with Crippen molar-refractivity contribution in [2.24, 2.45) is 11.8 Å². The van der Waals surface area contributed by atoms with Crippen LogP contribution in [0.25, 0.3) is 0 Å². The van der Waals surface area contributed by atoms with Gasteiger partial charge in [-0.1, -0.05) is 20.8 Å². The molecule has 0 aromatic rings. The van der Waals surface area contributed by atoms with Gasteiger partial charge in [-0.05, 0) is 12.3 Å². The predicted molar refractivity (Wildman–Crippen MR) is 43.8 cm³/mol. The van der Waals surface area contributed by atoms with Gasteiger partial charge in [-0.3, -0.25) is 4.79 Å². The van der Waals surface area contributed by atoms with Crippen molar-refractivity contribution in [1.82, 2.24) is 5.32 Å². The standard InChI is InChI=1S/C8H17NO2/c1-6(2)4-7(3)8(11)9-5-10/h6-7,10H,4-5H2,1-3H3,(H,9,11)/t7-/m1/s1. The van der Waals surface area contributed by atoms with Crippen molar-refractivity contribution in [2.45, 2.75) is 27.2 Å². The SMILES string of the molecule is CC(C)C[C@@H](C)C(=O)NCO. The number of aliphatic hydroxyl groups is 1. The Labute approximate surface area is 67.8 Å². The van der Waals surface area contributed by atoms with Gasteiger partial charge in [0.2, 0.25) is 5.91 Å². The molecule has 3 nitrogen and oxygen atoms in total. The maximum Gasteiger partial charge on any atom is 0.224 e.